The number of phenols is 2. The lowest BCUT2D eigenvalue weighted by molar-refractivity contribution is -0.123. The standard InChI is InChI=1S/C26H22N6O4.C22H20N4O2/c1-15-11-17(23(33)22(12-15)32-29-20-5-3-4-6-21(20)30-32)14-31(2)18-9-7-16(8-10-18)13-19-24(34)27-26(36)28-25(19)35;1-15-11-17(13-25(2)18-9-7-16(14-27)8-10-18)22(28)21(12-15)26-23-19-5-3-4-6-20(19)24-26/h3-13,33H,14H2,1-2H3,(H2,27,28,34,35,36);3-12,14,28H,13H2,1-2H3. The Bertz CT molecular complexity index is 3030. The Kier molecular flexibility index (Phi) is 11.7. The number of imide groups is 2. The van der Waals surface area contributed by atoms with Gasteiger partial charge in [0.1, 0.15) is 56.8 Å². The van der Waals surface area contributed by atoms with Crippen LogP contribution in [0.5, 0.6) is 11.5 Å². The van der Waals surface area contributed by atoms with Crippen LogP contribution in [0.3, 0.4) is 0 Å². The SMILES string of the molecule is Cc1cc(CN(C)c2ccc(C=C3C(=O)NC(=O)NC3=O)cc2)c(O)c(-n2nc3ccccc3n2)c1.Cc1cc(CN(C)c2ccc(C=O)cc2)c(O)c(-n2nc3ccccc3n2)c1. The maximum atomic E-state index is 11.9. The molecule has 0 bridgehead atoms. The van der Waals surface area contributed by atoms with Gasteiger partial charge in [-0.2, -0.15) is 0 Å². The van der Waals surface area contributed by atoms with Crippen molar-refractivity contribution in [1.82, 2.24) is 40.6 Å². The highest BCUT2D eigenvalue weighted by atomic mass is 16.3. The molecule has 0 saturated carbocycles. The second-order valence-corrected chi connectivity index (χ2v) is 15.3. The summed E-state index contributed by atoms with van der Waals surface area (Å²) >= 11 is 0. The molecule has 1 fully saturated rings. The minimum atomic E-state index is -0.835. The zero-order valence-electron chi connectivity index (χ0n) is 35.2. The molecule has 1 aliphatic rings. The fourth-order valence-electron chi connectivity index (χ4n) is 7.25. The molecule has 4 N–H and O–H groups in total. The van der Waals surface area contributed by atoms with Gasteiger partial charge in [0.2, 0.25) is 0 Å². The summed E-state index contributed by atoms with van der Waals surface area (Å²) in [6.45, 7) is 4.84. The van der Waals surface area contributed by atoms with Crippen molar-refractivity contribution in [3.63, 3.8) is 0 Å². The van der Waals surface area contributed by atoms with Gasteiger partial charge in [-0.15, -0.1) is 30.0 Å². The van der Waals surface area contributed by atoms with Gasteiger partial charge in [0.25, 0.3) is 11.8 Å². The molecule has 0 spiro atoms. The Labute approximate surface area is 366 Å². The summed E-state index contributed by atoms with van der Waals surface area (Å²) in [6.07, 6.45) is 2.24. The number of phenolic OH excluding ortho intramolecular Hbond substituents is 2. The number of aldehydes is 1. The Morgan fingerprint density at radius 2 is 0.938 bits per heavy atom. The molecule has 0 atom stereocenters. The molecule has 2 aromatic heterocycles. The van der Waals surface area contributed by atoms with Crippen LogP contribution < -0.4 is 20.4 Å². The average Bonchev–Trinajstić information content (AvgIpc) is 3.93. The van der Waals surface area contributed by atoms with Crippen LogP contribution in [0.2, 0.25) is 0 Å². The average molecular weight is 855 g/mol. The van der Waals surface area contributed by atoms with E-state index in [0.29, 0.717) is 41.2 Å². The highest BCUT2D eigenvalue weighted by Gasteiger charge is 2.27. The molecule has 16 heteroatoms. The predicted molar refractivity (Wildman–Crippen MR) is 243 cm³/mol. The summed E-state index contributed by atoms with van der Waals surface area (Å²) in [6, 6.07) is 36.4. The lowest BCUT2D eigenvalue weighted by Gasteiger charge is -2.21. The molecule has 9 rings (SSSR count). The molecule has 4 amide bonds. The second-order valence-electron chi connectivity index (χ2n) is 15.3. The van der Waals surface area contributed by atoms with Gasteiger partial charge in [-0.05, 0) is 109 Å². The Hall–Kier alpha value is -8.66. The minimum Gasteiger partial charge on any atom is -0.505 e. The number of barbiturate groups is 1. The number of aromatic hydroxyl groups is 2. The molecule has 16 nitrogen and oxygen atoms in total. The van der Waals surface area contributed by atoms with Crippen molar-refractivity contribution < 1.29 is 29.4 Å². The zero-order chi connectivity index (χ0) is 45.1. The zero-order valence-corrected chi connectivity index (χ0v) is 35.2. The number of benzene rings is 6. The third-order valence-electron chi connectivity index (χ3n) is 10.5. The van der Waals surface area contributed by atoms with Crippen molar-refractivity contribution in [1.29, 1.82) is 0 Å². The van der Waals surface area contributed by atoms with Gasteiger partial charge in [0, 0.05) is 55.2 Å². The van der Waals surface area contributed by atoms with E-state index in [1.165, 1.54) is 15.7 Å². The van der Waals surface area contributed by atoms with E-state index in [4.69, 9.17) is 0 Å². The number of amides is 4. The lowest BCUT2D eigenvalue weighted by Crippen LogP contribution is -2.51. The number of rotatable bonds is 10. The fourth-order valence-corrected chi connectivity index (χ4v) is 7.25. The molecule has 1 saturated heterocycles. The maximum Gasteiger partial charge on any atom is 0.328 e. The van der Waals surface area contributed by atoms with E-state index in [1.54, 1.807) is 24.3 Å². The molecule has 3 heterocycles. The topological polar surface area (TPSA) is 201 Å². The van der Waals surface area contributed by atoms with Crippen molar-refractivity contribution in [2.45, 2.75) is 26.9 Å². The van der Waals surface area contributed by atoms with Gasteiger partial charge in [-0.1, -0.05) is 48.5 Å². The number of carbonyl (C=O) groups excluding carboxylic acids is 4. The van der Waals surface area contributed by atoms with Gasteiger partial charge < -0.3 is 20.0 Å². The second kappa shape index (κ2) is 17.7. The Morgan fingerprint density at radius 3 is 1.31 bits per heavy atom. The minimum absolute atomic E-state index is 0.0954. The Morgan fingerprint density at radius 1 is 0.562 bits per heavy atom. The summed E-state index contributed by atoms with van der Waals surface area (Å²) < 4.78 is 0. The number of nitrogens with zero attached hydrogens (tertiary/aromatic N) is 8. The van der Waals surface area contributed by atoms with E-state index in [1.807, 2.05) is 145 Å². The largest absolute Gasteiger partial charge is 0.505 e. The molecule has 8 aromatic rings. The molecule has 1 aliphatic heterocycles. The number of carbonyl (C=O) groups is 4. The first kappa shape index (κ1) is 42.0. The molecule has 64 heavy (non-hydrogen) atoms. The monoisotopic (exact) mass is 854 g/mol. The van der Waals surface area contributed by atoms with Gasteiger partial charge >= 0.3 is 6.03 Å². The molecular formula is C48H42N10O6. The maximum absolute atomic E-state index is 11.9. The van der Waals surface area contributed by atoms with E-state index < -0.39 is 17.8 Å². The van der Waals surface area contributed by atoms with Gasteiger partial charge in [-0.25, -0.2) is 4.79 Å². The number of hydrogen-bond acceptors (Lipinski definition) is 12. The number of fused-ring (bicyclic) bond motifs is 2. The Balaban J connectivity index is 0.000000181. The summed E-state index contributed by atoms with van der Waals surface area (Å²) in [5.74, 6) is -1.23. The molecule has 0 radical (unpaired) electrons. The molecule has 0 unspecified atom stereocenters. The van der Waals surface area contributed by atoms with Crippen molar-refractivity contribution in [2.24, 2.45) is 0 Å². The van der Waals surface area contributed by atoms with Crippen molar-refractivity contribution in [3.05, 3.63) is 160 Å². The van der Waals surface area contributed by atoms with E-state index >= 15 is 0 Å². The van der Waals surface area contributed by atoms with Crippen molar-refractivity contribution >= 4 is 63.6 Å². The van der Waals surface area contributed by atoms with Crippen molar-refractivity contribution in [3.8, 4) is 22.9 Å². The first-order valence-corrected chi connectivity index (χ1v) is 20.1. The molecule has 6 aromatic carbocycles. The van der Waals surface area contributed by atoms with Gasteiger partial charge in [0.15, 0.2) is 0 Å². The number of nitrogens with one attached hydrogen (secondary N) is 2. The summed E-state index contributed by atoms with van der Waals surface area (Å²) in [7, 11) is 3.83. The predicted octanol–water partition coefficient (Wildman–Crippen LogP) is 6.70. The first-order chi connectivity index (χ1) is 30.8. The molecule has 0 aliphatic carbocycles. The third kappa shape index (κ3) is 9.01. The number of aromatic nitrogens is 6. The number of anilines is 2. The van der Waals surface area contributed by atoms with Crippen molar-refractivity contribution in [2.75, 3.05) is 23.9 Å². The van der Waals surface area contributed by atoms with Crippen LogP contribution >= 0.6 is 0 Å². The van der Waals surface area contributed by atoms with E-state index in [0.717, 1.165) is 56.4 Å². The smallest absolute Gasteiger partial charge is 0.328 e. The van der Waals surface area contributed by atoms with Gasteiger partial charge in [-0.3, -0.25) is 25.0 Å². The van der Waals surface area contributed by atoms with Crippen LogP contribution in [0.1, 0.15) is 38.2 Å². The highest BCUT2D eigenvalue weighted by Crippen LogP contribution is 2.32. The van der Waals surface area contributed by atoms with E-state index in [2.05, 4.69) is 20.4 Å². The van der Waals surface area contributed by atoms with E-state index in [9.17, 15) is 29.4 Å². The summed E-state index contributed by atoms with van der Waals surface area (Å²) in [5.41, 5.74) is 10.5. The summed E-state index contributed by atoms with van der Waals surface area (Å²) in [5, 5.41) is 44.0. The number of aryl methyl sites for hydroxylation is 2. The molecular weight excluding hydrogens is 813 g/mol. The van der Waals surface area contributed by atoms with Crippen LogP contribution in [0.15, 0.2) is 127 Å². The van der Waals surface area contributed by atoms with Crippen LogP contribution in [0.25, 0.3) is 39.5 Å². The fraction of sp³-hybridized carbons (Fsp3) is 0.125. The summed E-state index contributed by atoms with van der Waals surface area (Å²) in [4.78, 5) is 52.8. The number of hydrogen-bond donors (Lipinski definition) is 4. The van der Waals surface area contributed by atoms with Crippen LogP contribution in [0, 0.1) is 13.8 Å². The highest BCUT2D eigenvalue weighted by molar-refractivity contribution is 6.31. The lowest BCUT2D eigenvalue weighted by atomic mass is 10.1. The quantitative estimate of drug-likeness (QED) is 0.0645. The first-order valence-electron chi connectivity index (χ1n) is 20.1. The van der Waals surface area contributed by atoms with Crippen LogP contribution in [-0.4, -0.2) is 78.4 Å². The third-order valence-corrected chi connectivity index (χ3v) is 10.5. The molecule has 320 valence electrons. The van der Waals surface area contributed by atoms with Gasteiger partial charge in [0.05, 0.1) is 0 Å². The van der Waals surface area contributed by atoms with Crippen LogP contribution in [-0.2, 0) is 22.7 Å². The number of urea groups is 1. The van der Waals surface area contributed by atoms with E-state index in [-0.39, 0.29) is 17.1 Å². The normalized spacial score (nSPS) is 12.4. The van der Waals surface area contributed by atoms with Crippen LogP contribution in [0.4, 0.5) is 16.2 Å².